The Bertz CT molecular complexity index is 654. The number of hydrogen-bond acceptors (Lipinski definition) is 4. The minimum absolute atomic E-state index is 0.0229. The third-order valence-electron chi connectivity index (χ3n) is 4.36. The molecule has 0 unspecified atom stereocenters. The first-order valence-electron chi connectivity index (χ1n) is 8.66. The summed E-state index contributed by atoms with van der Waals surface area (Å²) < 4.78 is 5.54. The molecule has 2 amide bonds. The number of amides is 2. The summed E-state index contributed by atoms with van der Waals surface area (Å²) in [6.07, 6.45) is -0.271. The van der Waals surface area contributed by atoms with Crippen molar-refractivity contribution < 1.29 is 14.3 Å². The molecule has 1 aromatic rings. The molecule has 1 aromatic carbocycles. The molecule has 2 rings (SSSR count). The predicted molar refractivity (Wildman–Crippen MR) is 98.9 cm³/mol. The van der Waals surface area contributed by atoms with E-state index in [9.17, 15) is 9.59 Å². The van der Waals surface area contributed by atoms with Gasteiger partial charge in [0.15, 0.2) is 0 Å². The Morgan fingerprint density at radius 1 is 1.16 bits per heavy atom. The van der Waals surface area contributed by atoms with E-state index >= 15 is 0 Å². The molecule has 2 N–H and O–H groups in total. The van der Waals surface area contributed by atoms with Crippen molar-refractivity contribution in [2.75, 3.05) is 18.0 Å². The first-order valence-corrected chi connectivity index (χ1v) is 8.66. The highest BCUT2D eigenvalue weighted by atomic mass is 16.6. The second-order valence-electron chi connectivity index (χ2n) is 7.85. The lowest BCUT2D eigenvalue weighted by atomic mass is 10.0. The van der Waals surface area contributed by atoms with Crippen molar-refractivity contribution in [2.24, 2.45) is 5.73 Å². The summed E-state index contributed by atoms with van der Waals surface area (Å²) in [6, 6.07) is 5.70. The number of aryl methyl sites for hydroxylation is 1. The number of rotatable bonds is 2. The van der Waals surface area contributed by atoms with Gasteiger partial charge in [-0.2, -0.15) is 0 Å². The monoisotopic (exact) mass is 347 g/mol. The summed E-state index contributed by atoms with van der Waals surface area (Å²) in [7, 11) is 0. The summed E-state index contributed by atoms with van der Waals surface area (Å²) in [4.78, 5) is 27.9. The van der Waals surface area contributed by atoms with Crippen LogP contribution in [-0.4, -0.2) is 47.7 Å². The van der Waals surface area contributed by atoms with Gasteiger partial charge in [0.05, 0.1) is 12.1 Å². The van der Waals surface area contributed by atoms with Crippen LogP contribution in [0.15, 0.2) is 18.2 Å². The van der Waals surface area contributed by atoms with Crippen LogP contribution in [-0.2, 0) is 4.74 Å². The van der Waals surface area contributed by atoms with Crippen LogP contribution in [0.4, 0.5) is 10.5 Å². The maximum absolute atomic E-state index is 12.5. The number of hydrogen-bond donors (Lipinski definition) is 1. The second-order valence-corrected chi connectivity index (χ2v) is 7.85. The van der Waals surface area contributed by atoms with Crippen LogP contribution in [0.3, 0.4) is 0 Å². The Labute approximate surface area is 149 Å². The molecule has 1 aliphatic heterocycles. The van der Waals surface area contributed by atoms with E-state index < -0.39 is 11.5 Å². The summed E-state index contributed by atoms with van der Waals surface area (Å²) >= 11 is 0. The van der Waals surface area contributed by atoms with Gasteiger partial charge in [-0.25, -0.2) is 4.79 Å². The van der Waals surface area contributed by atoms with Crippen LogP contribution in [0.1, 0.15) is 50.5 Å². The molecule has 0 bridgehead atoms. The van der Waals surface area contributed by atoms with Crippen LogP contribution in [0.5, 0.6) is 0 Å². The molecule has 2 atom stereocenters. The Kier molecular flexibility index (Phi) is 5.30. The minimum Gasteiger partial charge on any atom is -0.444 e. The molecule has 1 aliphatic rings. The smallest absolute Gasteiger partial charge is 0.410 e. The molecule has 0 aromatic heterocycles. The van der Waals surface area contributed by atoms with Gasteiger partial charge >= 0.3 is 6.09 Å². The Morgan fingerprint density at radius 3 is 2.16 bits per heavy atom. The molecule has 6 nitrogen and oxygen atoms in total. The number of carbonyl (C=O) groups excluding carboxylic acids is 2. The highest BCUT2D eigenvalue weighted by molar-refractivity contribution is 5.94. The number of primary amides is 1. The lowest BCUT2D eigenvalue weighted by Gasteiger charge is -2.45. The van der Waals surface area contributed by atoms with Crippen molar-refractivity contribution in [3.8, 4) is 0 Å². The number of nitrogens with two attached hydrogens (primary N) is 1. The maximum Gasteiger partial charge on any atom is 0.410 e. The molecule has 1 fully saturated rings. The van der Waals surface area contributed by atoms with Crippen LogP contribution in [0, 0.1) is 6.92 Å². The van der Waals surface area contributed by atoms with E-state index in [1.807, 2.05) is 58.6 Å². The average molecular weight is 347 g/mol. The molecule has 1 saturated heterocycles. The van der Waals surface area contributed by atoms with Crippen molar-refractivity contribution in [3.05, 3.63) is 29.3 Å². The minimum atomic E-state index is -0.505. The molecular weight excluding hydrogens is 318 g/mol. The Hall–Kier alpha value is -2.24. The van der Waals surface area contributed by atoms with E-state index in [1.54, 1.807) is 6.07 Å². The van der Waals surface area contributed by atoms with Crippen LogP contribution < -0.4 is 10.6 Å². The van der Waals surface area contributed by atoms with E-state index in [2.05, 4.69) is 4.90 Å². The van der Waals surface area contributed by atoms with E-state index in [0.29, 0.717) is 18.7 Å². The van der Waals surface area contributed by atoms with Crippen molar-refractivity contribution in [1.29, 1.82) is 0 Å². The van der Waals surface area contributed by atoms with E-state index in [-0.39, 0.29) is 18.2 Å². The number of anilines is 1. The third kappa shape index (κ3) is 4.44. The lowest BCUT2D eigenvalue weighted by molar-refractivity contribution is 0.00565. The number of carbonyl (C=O) groups is 2. The third-order valence-corrected chi connectivity index (χ3v) is 4.36. The average Bonchev–Trinajstić information content (AvgIpc) is 2.43. The van der Waals surface area contributed by atoms with Crippen molar-refractivity contribution in [2.45, 2.75) is 59.2 Å². The maximum atomic E-state index is 12.5. The van der Waals surface area contributed by atoms with Crippen molar-refractivity contribution in [1.82, 2.24) is 4.90 Å². The Morgan fingerprint density at radius 2 is 1.72 bits per heavy atom. The lowest BCUT2D eigenvalue weighted by Crippen LogP contribution is -2.59. The van der Waals surface area contributed by atoms with Gasteiger partial charge in [-0.3, -0.25) is 9.69 Å². The van der Waals surface area contributed by atoms with Gasteiger partial charge in [-0.1, -0.05) is 0 Å². The molecule has 0 saturated carbocycles. The van der Waals surface area contributed by atoms with E-state index in [1.165, 1.54) is 0 Å². The molecule has 138 valence electrons. The first kappa shape index (κ1) is 19.1. The van der Waals surface area contributed by atoms with Crippen LogP contribution in [0.2, 0.25) is 0 Å². The zero-order chi connectivity index (χ0) is 18.9. The number of ether oxygens (including phenoxy) is 1. The van der Waals surface area contributed by atoms with Gasteiger partial charge in [0.2, 0.25) is 5.91 Å². The van der Waals surface area contributed by atoms with Gasteiger partial charge in [0.1, 0.15) is 5.60 Å². The molecule has 0 aliphatic carbocycles. The highest BCUT2D eigenvalue weighted by Crippen LogP contribution is 2.26. The topological polar surface area (TPSA) is 75.9 Å². The molecular formula is C19H29N3O3. The normalized spacial score (nSPS) is 21.2. The number of piperazine rings is 1. The summed E-state index contributed by atoms with van der Waals surface area (Å²) in [5.41, 5.74) is 7.31. The van der Waals surface area contributed by atoms with Gasteiger partial charge in [0.25, 0.3) is 0 Å². The predicted octanol–water partition coefficient (Wildman–Crippen LogP) is 2.93. The fourth-order valence-corrected chi connectivity index (χ4v) is 3.33. The molecule has 0 radical (unpaired) electrons. The van der Waals surface area contributed by atoms with Crippen molar-refractivity contribution >= 4 is 17.7 Å². The van der Waals surface area contributed by atoms with Crippen LogP contribution in [0.25, 0.3) is 0 Å². The van der Waals surface area contributed by atoms with Crippen molar-refractivity contribution in [3.63, 3.8) is 0 Å². The van der Waals surface area contributed by atoms with Gasteiger partial charge < -0.3 is 15.4 Å². The largest absolute Gasteiger partial charge is 0.444 e. The molecule has 6 heteroatoms. The molecule has 25 heavy (non-hydrogen) atoms. The fraction of sp³-hybridized carbons (Fsp3) is 0.579. The van der Waals surface area contributed by atoms with Crippen LogP contribution >= 0.6 is 0 Å². The SMILES string of the molecule is Cc1cc(N2C[C@@H](C)N(C(=O)OC(C)(C)C)[C@@H](C)C2)ccc1C(N)=O. The first-order chi connectivity index (χ1) is 11.5. The fourth-order valence-electron chi connectivity index (χ4n) is 3.33. The zero-order valence-electron chi connectivity index (χ0n) is 16.0. The van der Waals surface area contributed by atoms with E-state index in [4.69, 9.17) is 10.5 Å². The number of benzene rings is 1. The zero-order valence-corrected chi connectivity index (χ0v) is 16.0. The standard InChI is InChI=1S/C19H29N3O3/c1-12-9-15(7-8-16(12)17(20)23)21-10-13(2)22(14(3)11-21)18(24)25-19(4,5)6/h7-9,13-14H,10-11H2,1-6H3,(H2,20,23)/t13-,14+. The summed E-state index contributed by atoms with van der Waals surface area (Å²) in [5, 5.41) is 0. The van der Waals surface area contributed by atoms with Gasteiger partial charge in [-0.15, -0.1) is 0 Å². The summed E-state index contributed by atoms with van der Waals surface area (Å²) in [6.45, 7) is 13.0. The summed E-state index contributed by atoms with van der Waals surface area (Å²) in [5.74, 6) is -0.416. The quantitative estimate of drug-likeness (QED) is 0.892. The van der Waals surface area contributed by atoms with Gasteiger partial charge in [-0.05, 0) is 65.3 Å². The molecule has 1 heterocycles. The second kappa shape index (κ2) is 6.94. The number of nitrogens with zero attached hydrogens (tertiary/aromatic N) is 2. The highest BCUT2D eigenvalue weighted by Gasteiger charge is 2.35. The molecule has 0 spiro atoms. The Balaban J connectivity index is 2.15. The van der Waals surface area contributed by atoms with E-state index in [0.717, 1.165) is 11.3 Å². The van der Waals surface area contributed by atoms with Gasteiger partial charge in [0, 0.05) is 24.3 Å².